The molecule has 1 aromatic carbocycles. The lowest BCUT2D eigenvalue weighted by atomic mass is 10.2. The topological polar surface area (TPSA) is 104 Å². The Morgan fingerprint density at radius 2 is 2.19 bits per heavy atom. The van der Waals surface area contributed by atoms with E-state index in [1.165, 1.54) is 6.07 Å². The lowest BCUT2D eigenvalue weighted by Crippen LogP contribution is -2.20. The van der Waals surface area contributed by atoms with E-state index in [1.807, 2.05) is 13.0 Å². The molecule has 1 aromatic heterocycles. The number of aromatic amines is 1. The minimum atomic E-state index is -1.16. The van der Waals surface area contributed by atoms with Crippen LogP contribution in [-0.4, -0.2) is 33.8 Å². The van der Waals surface area contributed by atoms with Crippen molar-refractivity contribution >= 4 is 29.3 Å². The maximum Gasteiger partial charge on any atom is 0.353 e. The molecular weight excluding hydrogens is 298 g/mol. The minimum Gasteiger partial charge on any atom is -0.482 e. The summed E-state index contributed by atoms with van der Waals surface area (Å²) >= 11 is 5.94. The Hall–Kier alpha value is -2.54. The summed E-state index contributed by atoms with van der Waals surface area (Å²) in [6.45, 7) is 1.61. The average Bonchev–Trinajstić information content (AvgIpc) is 2.88. The number of nitrogens with zero attached hydrogens (tertiary/aromatic N) is 1. The summed E-state index contributed by atoms with van der Waals surface area (Å²) < 4.78 is 5.31. The number of nitrogens with one attached hydrogen (secondary N) is 2. The Morgan fingerprint density at radius 3 is 2.86 bits per heavy atom. The van der Waals surface area contributed by atoms with Crippen LogP contribution in [-0.2, 0) is 4.79 Å². The number of hydrogen-bond acceptors (Lipinski definition) is 4. The lowest BCUT2D eigenvalue weighted by Gasteiger charge is -2.08. The molecule has 0 atom stereocenters. The van der Waals surface area contributed by atoms with Crippen LogP contribution in [0, 0.1) is 6.92 Å². The van der Waals surface area contributed by atoms with Gasteiger partial charge in [0.15, 0.2) is 12.4 Å². The molecule has 2 rings (SSSR count). The van der Waals surface area contributed by atoms with Crippen molar-refractivity contribution in [1.82, 2.24) is 10.2 Å². The van der Waals surface area contributed by atoms with Crippen LogP contribution in [0.4, 0.5) is 5.82 Å². The Labute approximate surface area is 124 Å². The molecule has 0 fully saturated rings. The fourth-order valence-corrected chi connectivity index (χ4v) is 1.71. The number of benzene rings is 1. The van der Waals surface area contributed by atoms with Gasteiger partial charge in [-0.05, 0) is 24.6 Å². The largest absolute Gasteiger partial charge is 0.482 e. The quantitative estimate of drug-likeness (QED) is 0.784. The number of carboxylic acids is 1. The van der Waals surface area contributed by atoms with Gasteiger partial charge in [0.25, 0.3) is 5.91 Å². The van der Waals surface area contributed by atoms with Crippen LogP contribution in [0.1, 0.15) is 16.1 Å². The summed E-state index contributed by atoms with van der Waals surface area (Å²) in [6, 6.07) is 6.43. The van der Waals surface area contributed by atoms with Crippen LogP contribution in [0.15, 0.2) is 24.3 Å². The maximum atomic E-state index is 11.7. The molecule has 110 valence electrons. The zero-order valence-electron chi connectivity index (χ0n) is 11.0. The molecule has 8 heteroatoms. The highest BCUT2D eigenvalue weighted by Gasteiger charge is 2.11. The molecule has 21 heavy (non-hydrogen) atoms. The Bertz CT molecular complexity index is 684. The molecule has 0 aliphatic carbocycles. The summed E-state index contributed by atoms with van der Waals surface area (Å²) in [4.78, 5) is 22.3. The number of carbonyl (C=O) groups excluding carboxylic acids is 1. The van der Waals surface area contributed by atoms with Gasteiger partial charge in [0.1, 0.15) is 11.4 Å². The molecule has 1 heterocycles. The molecule has 0 radical (unpaired) electrons. The number of anilines is 1. The molecule has 3 N–H and O–H groups in total. The van der Waals surface area contributed by atoms with Crippen molar-refractivity contribution in [3.05, 3.63) is 40.5 Å². The number of halogens is 1. The van der Waals surface area contributed by atoms with Crippen molar-refractivity contribution in [1.29, 1.82) is 0 Å². The van der Waals surface area contributed by atoms with E-state index >= 15 is 0 Å². The van der Waals surface area contributed by atoms with Crippen molar-refractivity contribution in [2.75, 3.05) is 11.9 Å². The predicted molar refractivity (Wildman–Crippen MR) is 75.9 cm³/mol. The van der Waals surface area contributed by atoms with Crippen molar-refractivity contribution in [2.24, 2.45) is 0 Å². The van der Waals surface area contributed by atoms with Crippen LogP contribution < -0.4 is 10.1 Å². The molecule has 0 aliphatic heterocycles. The monoisotopic (exact) mass is 309 g/mol. The molecule has 1 amide bonds. The molecule has 0 aliphatic rings. The van der Waals surface area contributed by atoms with Gasteiger partial charge < -0.3 is 15.2 Å². The summed E-state index contributed by atoms with van der Waals surface area (Å²) in [5.41, 5.74) is 0.834. The molecule has 0 saturated heterocycles. The number of carbonyl (C=O) groups is 2. The Morgan fingerprint density at radius 1 is 1.43 bits per heavy atom. The van der Waals surface area contributed by atoms with Gasteiger partial charge in [-0.15, -0.1) is 0 Å². The Balaban J connectivity index is 1.92. The zero-order chi connectivity index (χ0) is 15.4. The zero-order valence-corrected chi connectivity index (χ0v) is 11.8. The van der Waals surface area contributed by atoms with Gasteiger partial charge in [-0.1, -0.05) is 17.7 Å². The maximum absolute atomic E-state index is 11.7. The second-order valence-electron chi connectivity index (χ2n) is 4.24. The molecule has 0 spiro atoms. The van der Waals surface area contributed by atoms with E-state index < -0.39 is 11.9 Å². The minimum absolute atomic E-state index is 0.108. The van der Waals surface area contributed by atoms with Gasteiger partial charge in [-0.2, -0.15) is 5.10 Å². The fourth-order valence-electron chi connectivity index (χ4n) is 1.54. The first-order chi connectivity index (χ1) is 9.95. The van der Waals surface area contributed by atoms with E-state index in [9.17, 15) is 9.59 Å². The van der Waals surface area contributed by atoms with Gasteiger partial charge in [0, 0.05) is 6.07 Å². The van der Waals surface area contributed by atoms with Crippen molar-refractivity contribution in [2.45, 2.75) is 6.92 Å². The van der Waals surface area contributed by atoms with Crippen LogP contribution >= 0.6 is 11.6 Å². The average molecular weight is 310 g/mol. The standard InChI is InChI=1S/C13H12ClN3O4/c1-7-2-3-8(14)10(4-7)21-6-12(18)15-11-5-9(13(19)20)16-17-11/h2-5H,6H2,1H3,(H,19,20)(H2,15,16,17,18). The first kappa shape index (κ1) is 14.9. The van der Waals surface area contributed by atoms with Gasteiger partial charge >= 0.3 is 5.97 Å². The number of rotatable bonds is 5. The Kier molecular flexibility index (Phi) is 4.44. The van der Waals surface area contributed by atoms with Crippen LogP contribution in [0.25, 0.3) is 0 Å². The molecule has 0 saturated carbocycles. The highest BCUT2D eigenvalue weighted by Crippen LogP contribution is 2.25. The van der Waals surface area contributed by atoms with Gasteiger partial charge in [0.2, 0.25) is 0 Å². The van der Waals surface area contributed by atoms with E-state index in [4.69, 9.17) is 21.4 Å². The third kappa shape index (κ3) is 3.96. The molecule has 2 aromatic rings. The molecule has 7 nitrogen and oxygen atoms in total. The number of carboxylic acid groups (broad SMARTS) is 1. The number of hydrogen-bond donors (Lipinski definition) is 3. The number of aryl methyl sites for hydroxylation is 1. The number of aromatic nitrogens is 2. The van der Waals surface area contributed by atoms with Crippen LogP contribution in [0.3, 0.4) is 0 Å². The summed E-state index contributed by atoms with van der Waals surface area (Å²) in [5.74, 6) is -1.13. The normalized spacial score (nSPS) is 10.2. The van der Waals surface area contributed by atoms with E-state index in [0.29, 0.717) is 10.8 Å². The highest BCUT2D eigenvalue weighted by molar-refractivity contribution is 6.32. The smallest absolute Gasteiger partial charge is 0.353 e. The summed E-state index contributed by atoms with van der Waals surface area (Å²) in [7, 11) is 0. The van der Waals surface area contributed by atoms with Crippen LogP contribution in [0.2, 0.25) is 5.02 Å². The highest BCUT2D eigenvalue weighted by atomic mass is 35.5. The van der Waals surface area contributed by atoms with E-state index in [-0.39, 0.29) is 18.1 Å². The van der Waals surface area contributed by atoms with Crippen molar-refractivity contribution in [3.8, 4) is 5.75 Å². The van der Waals surface area contributed by atoms with Crippen molar-refractivity contribution in [3.63, 3.8) is 0 Å². The summed E-state index contributed by atoms with van der Waals surface area (Å²) in [6.07, 6.45) is 0. The van der Waals surface area contributed by atoms with Gasteiger partial charge in [-0.3, -0.25) is 9.89 Å². The molecule has 0 bridgehead atoms. The number of aromatic carboxylic acids is 1. The van der Waals surface area contributed by atoms with E-state index in [0.717, 1.165) is 5.56 Å². The van der Waals surface area contributed by atoms with Crippen molar-refractivity contribution < 1.29 is 19.4 Å². The van der Waals surface area contributed by atoms with E-state index in [2.05, 4.69) is 15.5 Å². The molecular formula is C13H12ClN3O4. The third-order valence-corrected chi connectivity index (χ3v) is 2.83. The fraction of sp³-hybridized carbons (Fsp3) is 0.154. The van der Waals surface area contributed by atoms with Gasteiger partial charge in [0.05, 0.1) is 5.02 Å². The number of ether oxygens (including phenoxy) is 1. The van der Waals surface area contributed by atoms with E-state index in [1.54, 1.807) is 12.1 Å². The second-order valence-corrected chi connectivity index (χ2v) is 4.65. The lowest BCUT2D eigenvalue weighted by molar-refractivity contribution is -0.118. The SMILES string of the molecule is Cc1ccc(Cl)c(OCC(=O)Nc2cc(C(=O)O)[nH]n2)c1. The van der Waals surface area contributed by atoms with Gasteiger partial charge in [-0.25, -0.2) is 4.79 Å². The molecule has 0 unspecified atom stereocenters. The number of H-pyrrole nitrogens is 1. The first-order valence-corrected chi connectivity index (χ1v) is 6.31. The first-order valence-electron chi connectivity index (χ1n) is 5.93. The number of amides is 1. The summed E-state index contributed by atoms with van der Waals surface area (Å²) in [5, 5.41) is 17.4. The van der Waals surface area contributed by atoms with Crippen LogP contribution in [0.5, 0.6) is 5.75 Å². The second kappa shape index (κ2) is 6.27. The third-order valence-electron chi connectivity index (χ3n) is 2.52. The predicted octanol–water partition coefficient (Wildman–Crippen LogP) is 2.09.